The Morgan fingerprint density at radius 2 is 2.06 bits per heavy atom. The van der Waals surface area contributed by atoms with E-state index in [0.717, 1.165) is 5.56 Å². The van der Waals surface area contributed by atoms with Crippen molar-refractivity contribution in [2.45, 2.75) is 13.0 Å². The molecule has 0 radical (unpaired) electrons. The van der Waals surface area contributed by atoms with Crippen LogP contribution in [0.15, 0.2) is 24.3 Å². The molecule has 96 valence electrons. The molecule has 0 unspecified atom stereocenters. The molecule has 0 saturated carbocycles. The van der Waals surface area contributed by atoms with Gasteiger partial charge in [0.05, 0.1) is 12.9 Å². The van der Waals surface area contributed by atoms with Crippen LogP contribution in [0.2, 0.25) is 0 Å². The molecule has 1 aromatic carbocycles. The van der Waals surface area contributed by atoms with E-state index in [9.17, 15) is 8.42 Å². The first kappa shape index (κ1) is 14.0. The molecule has 0 amide bonds. The summed E-state index contributed by atoms with van der Waals surface area (Å²) in [4.78, 5) is 0. The quantitative estimate of drug-likeness (QED) is 0.744. The number of methoxy groups -OCH3 is 1. The first-order chi connectivity index (χ1) is 8.09. The van der Waals surface area contributed by atoms with Gasteiger partial charge in [-0.05, 0) is 19.0 Å². The van der Waals surface area contributed by atoms with E-state index < -0.39 is 10.0 Å². The van der Waals surface area contributed by atoms with Gasteiger partial charge in [0.1, 0.15) is 5.75 Å². The second kappa shape index (κ2) is 6.58. The smallest absolute Gasteiger partial charge is 0.211 e. The summed E-state index contributed by atoms with van der Waals surface area (Å²) in [5, 5.41) is 0. The lowest BCUT2D eigenvalue weighted by Gasteiger charge is -2.09. The minimum absolute atomic E-state index is 0.0542. The first-order valence-corrected chi connectivity index (χ1v) is 7.03. The molecule has 0 aliphatic heterocycles. The van der Waals surface area contributed by atoms with Crippen LogP contribution in [0.4, 0.5) is 0 Å². The summed E-state index contributed by atoms with van der Waals surface area (Å²) in [6.45, 7) is 0.604. The van der Waals surface area contributed by atoms with Crippen molar-refractivity contribution in [1.29, 1.82) is 0 Å². The molecule has 1 aromatic rings. The number of hydrogen-bond donors (Lipinski definition) is 2. The number of hydrogen-bond acceptors (Lipinski definition) is 4. The minimum Gasteiger partial charge on any atom is -0.496 e. The van der Waals surface area contributed by atoms with Crippen LogP contribution < -0.4 is 15.2 Å². The van der Waals surface area contributed by atoms with Gasteiger partial charge in [-0.1, -0.05) is 18.2 Å². The molecule has 0 aromatic heterocycles. The van der Waals surface area contributed by atoms with Crippen molar-refractivity contribution in [2.24, 2.45) is 5.73 Å². The third kappa shape index (κ3) is 4.72. The largest absolute Gasteiger partial charge is 0.496 e. The fourth-order valence-corrected chi connectivity index (χ4v) is 2.45. The predicted molar refractivity (Wildman–Crippen MR) is 67.3 cm³/mol. The van der Waals surface area contributed by atoms with Crippen molar-refractivity contribution in [2.75, 3.05) is 19.4 Å². The average Bonchev–Trinajstić information content (AvgIpc) is 2.34. The Labute approximate surface area is 102 Å². The van der Waals surface area contributed by atoms with Gasteiger partial charge in [-0.15, -0.1) is 0 Å². The summed E-state index contributed by atoms with van der Waals surface area (Å²) < 4.78 is 30.8. The Kier molecular flexibility index (Phi) is 5.40. The fraction of sp³-hybridized carbons (Fsp3) is 0.455. The van der Waals surface area contributed by atoms with E-state index >= 15 is 0 Å². The zero-order valence-electron chi connectivity index (χ0n) is 9.85. The molecule has 5 nitrogen and oxygen atoms in total. The van der Waals surface area contributed by atoms with Crippen LogP contribution in [0.25, 0.3) is 0 Å². The van der Waals surface area contributed by atoms with E-state index in [4.69, 9.17) is 10.5 Å². The lowest BCUT2D eigenvalue weighted by molar-refractivity contribution is 0.409. The molecule has 0 fully saturated rings. The van der Waals surface area contributed by atoms with E-state index in [-0.39, 0.29) is 12.3 Å². The van der Waals surface area contributed by atoms with Gasteiger partial charge >= 0.3 is 0 Å². The molecule has 0 heterocycles. The molecule has 1 rings (SSSR count). The average molecular weight is 258 g/mol. The van der Waals surface area contributed by atoms with Crippen LogP contribution >= 0.6 is 0 Å². The van der Waals surface area contributed by atoms with Gasteiger partial charge in [0.2, 0.25) is 10.0 Å². The lowest BCUT2D eigenvalue weighted by atomic mass is 10.2. The lowest BCUT2D eigenvalue weighted by Crippen LogP contribution is -2.27. The second-order valence-corrected chi connectivity index (χ2v) is 5.52. The highest BCUT2D eigenvalue weighted by Crippen LogP contribution is 2.16. The van der Waals surface area contributed by atoms with Gasteiger partial charge in [-0.3, -0.25) is 0 Å². The van der Waals surface area contributed by atoms with Crippen LogP contribution in [0.1, 0.15) is 12.0 Å². The van der Waals surface area contributed by atoms with Crippen molar-refractivity contribution in [3.8, 4) is 5.75 Å². The number of para-hydroxylation sites is 1. The van der Waals surface area contributed by atoms with Crippen LogP contribution in [0, 0.1) is 0 Å². The summed E-state index contributed by atoms with van der Waals surface area (Å²) in [6.07, 6.45) is 0.460. The Morgan fingerprint density at radius 1 is 1.35 bits per heavy atom. The van der Waals surface area contributed by atoms with E-state index in [1.165, 1.54) is 0 Å². The third-order valence-electron chi connectivity index (χ3n) is 2.29. The van der Waals surface area contributed by atoms with Crippen LogP contribution in [0.5, 0.6) is 5.75 Å². The normalized spacial score (nSPS) is 11.4. The Hall–Kier alpha value is -1.11. The Bertz CT molecular complexity index is 446. The Balaban J connectivity index is 2.61. The highest BCUT2D eigenvalue weighted by Gasteiger charge is 2.10. The molecular formula is C11H18N2O3S. The number of ether oxygens (including phenoxy) is 1. The highest BCUT2D eigenvalue weighted by atomic mass is 32.2. The molecule has 0 aliphatic rings. The van der Waals surface area contributed by atoms with Gasteiger partial charge in [0.25, 0.3) is 0 Å². The summed E-state index contributed by atoms with van der Waals surface area (Å²) >= 11 is 0. The molecule has 0 bridgehead atoms. The maximum absolute atomic E-state index is 11.6. The summed E-state index contributed by atoms with van der Waals surface area (Å²) in [6, 6.07) is 7.30. The van der Waals surface area contributed by atoms with Crippen LogP contribution in [-0.2, 0) is 16.6 Å². The monoisotopic (exact) mass is 258 g/mol. The SMILES string of the molecule is COc1ccccc1CNS(=O)(=O)CCCN. The van der Waals surface area contributed by atoms with Crippen LogP contribution in [-0.4, -0.2) is 27.8 Å². The van der Waals surface area contributed by atoms with Crippen molar-refractivity contribution in [3.05, 3.63) is 29.8 Å². The molecule has 0 atom stereocenters. The molecular weight excluding hydrogens is 240 g/mol. The first-order valence-electron chi connectivity index (χ1n) is 5.38. The zero-order valence-corrected chi connectivity index (χ0v) is 10.7. The van der Waals surface area contributed by atoms with Crippen molar-refractivity contribution >= 4 is 10.0 Å². The summed E-state index contributed by atoms with van der Waals surface area (Å²) in [5.74, 6) is 0.729. The van der Waals surface area contributed by atoms with E-state index in [1.54, 1.807) is 13.2 Å². The number of nitrogens with one attached hydrogen (secondary N) is 1. The second-order valence-electron chi connectivity index (χ2n) is 3.59. The summed E-state index contributed by atoms with van der Waals surface area (Å²) in [7, 11) is -1.70. The highest BCUT2D eigenvalue weighted by molar-refractivity contribution is 7.89. The van der Waals surface area contributed by atoms with Gasteiger partial charge < -0.3 is 10.5 Å². The van der Waals surface area contributed by atoms with Gasteiger partial charge in [-0.25, -0.2) is 13.1 Å². The van der Waals surface area contributed by atoms with E-state index in [0.29, 0.717) is 18.7 Å². The maximum atomic E-state index is 11.6. The summed E-state index contributed by atoms with van der Waals surface area (Å²) in [5.41, 5.74) is 6.09. The van der Waals surface area contributed by atoms with Crippen molar-refractivity contribution < 1.29 is 13.2 Å². The molecule has 0 aliphatic carbocycles. The fourth-order valence-electron chi connectivity index (χ4n) is 1.38. The van der Waals surface area contributed by atoms with Gasteiger partial charge in [-0.2, -0.15) is 0 Å². The molecule has 0 spiro atoms. The molecule has 3 N–H and O–H groups in total. The Morgan fingerprint density at radius 3 is 2.71 bits per heavy atom. The molecule has 6 heteroatoms. The number of nitrogens with two attached hydrogens (primary N) is 1. The molecule has 0 saturated heterocycles. The topological polar surface area (TPSA) is 81.4 Å². The standard InChI is InChI=1S/C11H18N2O3S/c1-16-11-6-3-2-5-10(11)9-13-17(14,15)8-4-7-12/h2-3,5-6,13H,4,7-9,12H2,1H3. The van der Waals surface area contributed by atoms with E-state index in [2.05, 4.69) is 4.72 Å². The minimum atomic E-state index is -3.25. The van der Waals surface area contributed by atoms with Crippen molar-refractivity contribution in [3.63, 3.8) is 0 Å². The van der Waals surface area contributed by atoms with Crippen molar-refractivity contribution in [1.82, 2.24) is 4.72 Å². The van der Waals surface area contributed by atoms with E-state index in [1.807, 2.05) is 18.2 Å². The van der Waals surface area contributed by atoms with Crippen LogP contribution in [0.3, 0.4) is 0 Å². The third-order valence-corrected chi connectivity index (χ3v) is 3.70. The number of rotatable bonds is 7. The number of benzene rings is 1. The maximum Gasteiger partial charge on any atom is 0.211 e. The van der Waals surface area contributed by atoms with Gasteiger partial charge in [0, 0.05) is 12.1 Å². The van der Waals surface area contributed by atoms with Gasteiger partial charge in [0.15, 0.2) is 0 Å². The predicted octanol–water partition coefficient (Wildman–Crippen LogP) is 0.463. The number of sulfonamides is 1. The zero-order chi connectivity index (χ0) is 12.7. The molecule has 17 heavy (non-hydrogen) atoms.